The van der Waals surface area contributed by atoms with Gasteiger partial charge in [-0.05, 0) is 55.3 Å². The van der Waals surface area contributed by atoms with Gasteiger partial charge in [0, 0.05) is 4.47 Å². The van der Waals surface area contributed by atoms with Crippen LogP contribution in [0.3, 0.4) is 0 Å². The predicted octanol–water partition coefficient (Wildman–Crippen LogP) is 5.36. The van der Waals surface area contributed by atoms with Crippen LogP contribution in [0.2, 0.25) is 0 Å². The summed E-state index contributed by atoms with van der Waals surface area (Å²) in [5.41, 5.74) is 7.91. The molecule has 1 N–H and O–H groups in total. The fraction of sp³-hybridized carbons (Fsp3) is 0.130. The van der Waals surface area contributed by atoms with Crippen molar-refractivity contribution >= 4 is 31.7 Å². The van der Waals surface area contributed by atoms with E-state index in [-0.39, 0.29) is 4.90 Å². The van der Waals surface area contributed by atoms with Crippen LogP contribution < -0.4 is 5.43 Å². The summed E-state index contributed by atoms with van der Waals surface area (Å²) in [6.07, 6.45) is 1.96. The van der Waals surface area contributed by atoms with E-state index < -0.39 is 16.1 Å². The summed E-state index contributed by atoms with van der Waals surface area (Å²) in [5.74, 6) is 0. The van der Waals surface area contributed by atoms with Gasteiger partial charge in [-0.1, -0.05) is 75.6 Å². The first-order chi connectivity index (χ1) is 13.8. The minimum absolute atomic E-state index is 0.260. The van der Waals surface area contributed by atoms with Gasteiger partial charge in [0.15, 0.2) is 0 Å². The Morgan fingerprint density at radius 1 is 0.828 bits per heavy atom. The van der Waals surface area contributed by atoms with Crippen LogP contribution in [0.1, 0.15) is 28.3 Å². The maximum Gasteiger partial charge on any atom is 0.260 e. The molecule has 0 aliphatic carbocycles. The van der Waals surface area contributed by atoms with Crippen molar-refractivity contribution < 1.29 is 8.42 Å². The number of hydrogen-bond donors (Lipinski definition) is 1. The second-order valence-corrected chi connectivity index (χ2v) is 9.90. The monoisotopic (exact) mass is 468 g/mol. The minimum atomic E-state index is -3.75. The molecule has 0 amide bonds. The summed E-state index contributed by atoms with van der Waals surface area (Å²) in [4.78, 5) is 0.260. The van der Waals surface area contributed by atoms with Gasteiger partial charge in [-0.3, -0.25) is 0 Å². The van der Waals surface area contributed by atoms with Crippen molar-refractivity contribution in [1.29, 1.82) is 0 Å². The normalized spacial score (nSPS) is 17.1. The predicted molar refractivity (Wildman–Crippen MR) is 119 cm³/mol. The molecule has 0 saturated carbocycles. The number of aryl methyl sites for hydroxylation is 2. The second-order valence-electron chi connectivity index (χ2n) is 7.17. The third-order valence-corrected chi connectivity index (χ3v) is 7.19. The third-order valence-electron chi connectivity index (χ3n) is 4.96. The molecule has 29 heavy (non-hydrogen) atoms. The van der Waals surface area contributed by atoms with Crippen LogP contribution in [-0.4, -0.2) is 12.8 Å². The van der Waals surface area contributed by atoms with Crippen molar-refractivity contribution in [3.05, 3.63) is 106 Å². The van der Waals surface area contributed by atoms with Crippen LogP contribution in [0, 0.1) is 13.8 Å². The Balaban J connectivity index is 1.78. The average Bonchev–Trinajstić information content (AvgIpc) is 3.16. The Morgan fingerprint density at radius 2 is 1.38 bits per heavy atom. The van der Waals surface area contributed by atoms with Crippen LogP contribution in [0.25, 0.3) is 5.70 Å². The molecule has 1 heterocycles. The third kappa shape index (κ3) is 4.01. The lowest BCUT2D eigenvalue weighted by Crippen LogP contribution is -2.39. The maximum absolute atomic E-state index is 13.4. The van der Waals surface area contributed by atoms with Crippen molar-refractivity contribution in [3.8, 4) is 0 Å². The van der Waals surface area contributed by atoms with Crippen molar-refractivity contribution in [1.82, 2.24) is 9.84 Å². The van der Waals surface area contributed by atoms with E-state index in [9.17, 15) is 8.42 Å². The van der Waals surface area contributed by atoms with Gasteiger partial charge in [0.2, 0.25) is 0 Å². The summed E-state index contributed by atoms with van der Waals surface area (Å²) in [5, 5.41) is 0. The molecule has 4 rings (SSSR count). The summed E-state index contributed by atoms with van der Waals surface area (Å²) in [6, 6.07) is 22.2. The van der Waals surface area contributed by atoms with E-state index in [2.05, 4.69) is 21.4 Å². The number of benzene rings is 3. The van der Waals surface area contributed by atoms with Crippen LogP contribution >= 0.6 is 15.9 Å². The minimum Gasteiger partial charge on any atom is -0.304 e. The van der Waals surface area contributed by atoms with Gasteiger partial charge in [0.25, 0.3) is 10.0 Å². The zero-order chi connectivity index (χ0) is 20.6. The summed E-state index contributed by atoms with van der Waals surface area (Å²) >= 11 is 3.44. The molecule has 3 aromatic carbocycles. The van der Waals surface area contributed by atoms with E-state index in [0.717, 1.165) is 32.4 Å². The number of hydrazine groups is 1. The molecule has 3 aromatic rings. The summed E-state index contributed by atoms with van der Waals surface area (Å²) in [7, 11) is -3.75. The van der Waals surface area contributed by atoms with Crippen molar-refractivity contribution in [2.45, 2.75) is 24.8 Å². The number of sulfonamides is 1. The van der Waals surface area contributed by atoms with E-state index in [1.165, 1.54) is 4.41 Å². The molecule has 148 valence electrons. The van der Waals surface area contributed by atoms with Gasteiger partial charge >= 0.3 is 0 Å². The Morgan fingerprint density at radius 3 is 1.97 bits per heavy atom. The van der Waals surface area contributed by atoms with Gasteiger partial charge in [-0.2, -0.15) is 0 Å². The van der Waals surface area contributed by atoms with E-state index in [4.69, 9.17) is 0 Å². The molecule has 0 spiro atoms. The van der Waals surface area contributed by atoms with Crippen molar-refractivity contribution in [2.75, 3.05) is 0 Å². The lowest BCUT2D eigenvalue weighted by atomic mass is 10.0. The van der Waals surface area contributed by atoms with Gasteiger partial charge in [0.1, 0.15) is 0 Å². The van der Waals surface area contributed by atoms with Gasteiger partial charge < -0.3 is 5.43 Å². The number of nitrogens with zero attached hydrogens (tertiary/aromatic N) is 1. The number of nitrogens with one attached hydrogen (secondary N) is 1. The Labute approximate surface area is 180 Å². The average molecular weight is 469 g/mol. The fourth-order valence-electron chi connectivity index (χ4n) is 3.27. The quantitative estimate of drug-likeness (QED) is 0.560. The lowest BCUT2D eigenvalue weighted by Gasteiger charge is -2.25. The second kappa shape index (κ2) is 7.78. The van der Waals surface area contributed by atoms with Crippen LogP contribution in [0.15, 0.2) is 88.2 Å². The summed E-state index contributed by atoms with van der Waals surface area (Å²) in [6.45, 7) is 3.96. The van der Waals surface area contributed by atoms with Crippen molar-refractivity contribution in [2.24, 2.45) is 0 Å². The van der Waals surface area contributed by atoms with E-state index in [0.29, 0.717) is 0 Å². The summed E-state index contributed by atoms with van der Waals surface area (Å²) < 4.78 is 29.2. The Bertz CT molecular complexity index is 1150. The highest BCUT2D eigenvalue weighted by Gasteiger charge is 2.36. The molecule has 1 atom stereocenters. The fourth-order valence-corrected chi connectivity index (χ4v) is 4.94. The zero-order valence-corrected chi connectivity index (χ0v) is 18.5. The van der Waals surface area contributed by atoms with Gasteiger partial charge in [-0.25, -0.2) is 8.42 Å². The first-order valence-corrected chi connectivity index (χ1v) is 11.5. The molecule has 4 nitrogen and oxygen atoms in total. The van der Waals surface area contributed by atoms with E-state index >= 15 is 0 Å². The van der Waals surface area contributed by atoms with Crippen LogP contribution in [-0.2, 0) is 10.0 Å². The molecule has 0 aromatic heterocycles. The highest BCUT2D eigenvalue weighted by atomic mass is 79.9. The largest absolute Gasteiger partial charge is 0.304 e. The van der Waals surface area contributed by atoms with Crippen LogP contribution in [0.5, 0.6) is 0 Å². The molecular formula is C23H21BrN2O2S. The molecule has 1 aliphatic rings. The molecular weight excluding hydrogens is 448 g/mol. The number of hydrogen-bond acceptors (Lipinski definition) is 3. The zero-order valence-electron chi connectivity index (χ0n) is 16.1. The Kier molecular flexibility index (Phi) is 5.34. The van der Waals surface area contributed by atoms with E-state index in [1.54, 1.807) is 12.1 Å². The SMILES string of the molecule is Cc1ccc(C2=C[C@H](c3ccc(Br)cc3)N(S(=O)(=O)c3ccc(C)cc3)N2)cc1. The number of rotatable bonds is 4. The van der Waals surface area contributed by atoms with Crippen LogP contribution in [0.4, 0.5) is 0 Å². The highest BCUT2D eigenvalue weighted by Crippen LogP contribution is 2.35. The van der Waals surface area contributed by atoms with Gasteiger partial charge in [0.05, 0.1) is 16.6 Å². The molecule has 0 fully saturated rings. The molecule has 1 aliphatic heterocycles. The Hall–Kier alpha value is -2.41. The first-order valence-electron chi connectivity index (χ1n) is 9.27. The number of halogens is 1. The van der Waals surface area contributed by atoms with Gasteiger partial charge in [-0.15, -0.1) is 4.41 Å². The molecule has 0 unspecified atom stereocenters. The topological polar surface area (TPSA) is 49.4 Å². The van der Waals surface area contributed by atoms with Crippen molar-refractivity contribution in [3.63, 3.8) is 0 Å². The molecule has 0 radical (unpaired) electrons. The molecule has 6 heteroatoms. The smallest absolute Gasteiger partial charge is 0.260 e. The molecule has 0 saturated heterocycles. The van der Waals surface area contributed by atoms with E-state index in [1.807, 2.05) is 80.6 Å². The maximum atomic E-state index is 13.4. The standard InChI is InChI=1S/C23H21BrN2O2S/c1-16-3-7-18(8-4-16)22-15-23(19-9-11-20(24)12-10-19)26(25-22)29(27,28)21-13-5-17(2)6-14-21/h3-15,23,25H,1-2H3/t23-/m1/s1. The highest BCUT2D eigenvalue weighted by molar-refractivity contribution is 9.10. The first kappa shape index (κ1) is 19.9. The lowest BCUT2D eigenvalue weighted by molar-refractivity contribution is 0.348. The molecule has 0 bridgehead atoms.